The summed E-state index contributed by atoms with van der Waals surface area (Å²) in [6, 6.07) is -0.246. The number of alkyl halides is 2. The molecule has 1 aliphatic rings. The molecule has 0 unspecified atom stereocenters. The summed E-state index contributed by atoms with van der Waals surface area (Å²) in [5, 5.41) is 11.1. The molecule has 8 nitrogen and oxygen atoms in total. The van der Waals surface area contributed by atoms with Gasteiger partial charge in [-0.15, -0.1) is 5.10 Å². The Labute approximate surface area is 137 Å². The van der Waals surface area contributed by atoms with Crippen LogP contribution in [0, 0.1) is 5.92 Å². The molecule has 0 aliphatic heterocycles. The average molecular weight is 361 g/mol. The molecule has 1 N–H and O–H groups in total. The summed E-state index contributed by atoms with van der Waals surface area (Å²) in [5.74, 6) is 0.871. The molecule has 1 saturated carbocycles. The van der Waals surface area contributed by atoms with Gasteiger partial charge in [0.1, 0.15) is 11.4 Å². The van der Waals surface area contributed by atoms with Crippen LogP contribution in [-0.2, 0) is 23.0 Å². The molecule has 0 radical (unpaired) electrons. The number of aromatic nitrogens is 4. The first-order valence-electron chi connectivity index (χ1n) is 7.58. The van der Waals surface area contributed by atoms with Gasteiger partial charge in [-0.2, -0.15) is 5.10 Å². The number of halogens is 2. The quantitative estimate of drug-likeness (QED) is 0.810. The number of nitrogens with zero attached hydrogens (tertiary/aromatic N) is 4. The van der Waals surface area contributed by atoms with Gasteiger partial charge in [-0.05, 0) is 18.8 Å². The molecule has 0 saturated heterocycles. The average Bonchev–Trinajstić information content (AvgIpc) is 3.21. The van der Waals surface area contributed by atoms with Crippen molar-refractivity contribution in [3.8, 4) is 0 Å². The van der Waals surface area contributed by atoms with Crippen molar-refractivity contribution < 1.29 is 21.6 Å². The van der Waals surface area contributed by atoms with E-state index in [1.165, 1.54) is 12.8 Å². The highest BCUT2D eigenvalue weighted by Crippen LogP contribution is 2.28. The summed E-state index contributed by atoms with van der Waals surface area (Å²) >= 11 is 0. The lowest BCUT2D eigenvalue weighted by atomic mass is 10.0. The molecule has 11 heteroatoms. The first kappa shape index (κ1) is 16.8. The Bertz CT molecular complexity index is 783. The van der Waals surface area contributed by atoms with E-state index in [1.807, 2.05) is 0 Å². The molecule has 0 atom stereocenters. The Morgan fingerprint density at radius 2 is 2.08 bits per heavy atom. The zero-order valence-corrected chi connectivity index (χ0v) is 13.5. The predicted molar refractivity (Wildman–Crippen MR) is 79.0 cm³/mol. The summed E-state index contributed by atoms with van der Waals surface area (Å²) in [7, 11) is -4.02. The van der Waals surface area contributed by atoms with E-state index in [2.05, 4.69) is 20.0 Å². The van der Waals surface area contributed by atoms with Crippen LogP contribution in [-0.4, -0.2) is 34.8 Å². The van der Waals surface area contributed by atoms with Crippen molar-refractivity contribution in [2.45, 2.75) is 50.0 Å². The molecule has 3 rings (SSSR count). The lowest BCUT2D eigenvalue weighted by Gasteiger charge is -2.03. The highest BCUT2D eigenvalue weighted by Gasteiger charge is 2.22. The van der Waals surface area contributed by atoms with Crippen LogP contribution in [0.3, 0.4) is 0 Å². The third-order valence-electron chi connectivity index (χ3n) is 3.87. The predicted octanol–water partition coefficient (Wildman–Crippen LogP) is 2.06. The SMILES string of the molecule is O=S(=O)(Nc1nnc(CC2CCCC2)o1)c1cnn(CC(F)F)c1. The molecular formula is C13H17F2N5O3S. The standard InChI is InChI=1S/C13H17F2N5O3S/c14-11(15)8-20-7-10(6-16-20)24(21,22)19-13-18-17-12(23-13)5-9-3-1-2-4-9/h6-7,9,11H,1-5,8H2,(H,18,19). The van der Waals surface area contributed by atoms with Crippen molar-refractivity contribution in [3.05, 3.63) is 18.3 Å². The molecule has 2 aromatic heterocycles. The van der Waals surface area contributed by atoms with Crippen molar-refractivity contribution in [1.82, 2.24) is 20.0 Å². The van der Waals surface area contributed by atoms with E-state index in [0.717, 1.165) is 29.9 Å². The van der Waals surface area contributed by atoms with Crippen LogP contribution >= 0.6 is 0 Å². The topological polar surface area (TPSA) is 103 Å². The van der Waals surface area contributed by atoms with Gasteiger partial charge in [-0.3, -0.25) is 4.68 Å². The van der Waals surface area contributed by atoms with Crippen molar-refractivity contribution in [3.63, 3.8) is 0 Å². The maximum atomic E-state index is 12.3. The normalized spacial score (nSPS) is 16.1. The molecule has 132 valence electrons. The van der Waals surface area contributed by atoms with Crippen LogP contribution in [0.25, 0.3) is 0 Å². The van der Waals surface area contributed by atoms with Gasteiger partial charge in [0.15, 0.2) is 0 Å². The van der Waals surface area contributed by atoms with Crippen LogP contribution < -0.4 is 4.72 Å². The Kier molecular flexibility index (Phi) is 4.78. The highest BCUT2D eigenvalue weighted by molar-refractivity contribution is 7.92. The molecule has 2 aromatic rings. The van der Waals surface area contributed by atoms with Crippen LogP contribution in [0.5, 0.6) is 0 Å². The third kappa shape index (κ3) is 4.08. The van der Waals surface area contributed by atoms with Gasteiger partial charge in [0.05, 0.1) is 6.20 Å². The lowest BCUT2D eigenvalue weighted by Crippen LogP contribution is -2.13. The van der Waals surface area contributed by atoms with Crippen LogP contribution in [0.1, 0.15) is 31.6 Å². The number of hydrogen-bond acceptors (Lipinski definition) is 6. The fourth-order valence-electron chi connectivity index (χ4n) is 2.74. The van der Waals surface area contributed by atoms with Gasteiger partial charge in [0.25, 0.3) is 16.4 Å². The minimum absolute atomic E-state index is 0.246. The maximum Gasteiger partial charge on any atom is 0.329 e. The van der Waals surface area contributed by atoms with Crippen molar-refractivity contribution in [1.29, 1.82) is 0 Å². The summed E-state index contributed by atoms with van der Waals surface area (Å²) < 4.78 is 57.2. The number of nitrogens with one attached hydrogen (secondary N) is 1. The van der Waals surface area contributed by atoms with Crippen LogP contribution in [0.2, 0.25) is 0 Å². The van der Waals surface area contributed by atoms with Gasteiger partial charge >= 0.3 is 6.01 Å². The Morgan fingerprint density at radius 1 is 1.33 bits per heavy atom. The summed E-state index contributed by atoms with van der Waals surface area (Å²) in [5.41, 5.74) is 0. The second kappa shape index (κ2) is 6.83. The third-order valence-corrected chi connectivity index (χ3v) is 5.15. The number of rotatable bonds is 7. The van der Waals surface area contributed by atoms with E-state index in [0.29, 0.717) is 18.2 Å². The Morgan fingerprint density at radius 3 is 2.79 bits per heavy atom. The molecule has 0 aromatic carbocycles. The largest absolute Gasteiger partial charge is 0.407 e. The minimum Gasteiger partial charge on any atom is -0.407 e. The van der Waals surface area contributed by atoms with E-state index in [1.54, 1.807) is 0 Å². The first-order chi connectivity index (χ1) is 11.4. The lowest BCUT2D eigenvalue weighted by molar-refractivity contribution is 0.121. The Hall–Kier alpha value is -2.04. The van der Waals surface area contributed by atoms with E-state index in [-0.39, 0.29) is 10.9 Å². The van der Waals surface area contributed by atoms with E-state index in [9.17, 15) is 17.2 Å². The minimum atomic E-state index is -4.02. The highest BCUT2D eigenvalue weighted by atomic mass is 32.2. The summed E-state index contributed by atoms with van der Waals surface area (Å²) in [6.07, 6.45) is 4.58. The summed E-state index contributed by atoms with van der Waals surface area (Å²) in [4.78, 5) is -0.251. The Balaban J connectivity index is 1.65. The van der Waals surface area contributed by atoms with Crippen molar-refractivity contribution in [2.24, 2.45) is 5.92 Å². The van der Waals surface area contributed by atoms with Crippen molar-refractivity contribution >= 4 is 16.0 Å². The number of hydrogen-bond donors (Lipinski definition) is 1. The van der Waals surface area contributed by atoms with E-state index in [4.69, 9.17) is 4.42 Å². The van der Waals surface area contributed by atoms with Gasteiger partial charge < -0.3 is 4.42 Å². The smallest absolute Gasteiger partial charge is 0.329 e. The molecule has 1 fully saturated rings. The second-order valence-electron chi connectivity index (χ2n) is 5.75. The number of anilines is 1. The van der Waals surface area contributed by atoms with Gasteiger partial charge in [-0.25, -0.2) is 21.9 Å². The molecule has 24 heavy (non-hydrogen) atoms. The molecule has 0 bridgehead atoms. The molecular weight excluding hydrogens is 344 g/mol. The second-order valence-corrected chi connectivity index (χ2v) is 7.43. The number of sulfonamides is 1. The van der Waals surface area contributed by atoms with Gasteiger partial charge in [-0.1, -0.05) is 17.9 Å². The fourth-order valence-corrected chi connectivity index (χ4v) is 3.61. The van der Waals surface area contributed by atoms with Crippen LogP contribution in [0.4, 0.5) is 14.8 Å². The maximum absolute atomic E-state index is 12.3. The monoisotopic (exact) mass is 361 g/mol. The van der Waals surface area contributed by atoms with E-state index < -0.39 is 23.0 Å². The van der Waals surface area contributed by atoms with Crippen molar-refractivity contribution in [2.75, 3.05) is 4.72 Å². The molecule has 1 aliphatic carbocycles. The summed E-state index contributed by atoms with van der Waals surface area (Å²) in [6.45, 7) is -0.679. The first-order valence-corrected chi connectivity index (χ1v) is 9.06. The van der Waals surface area contributed by atoms with Crippen LogP contribution in [0.15, 0.2) is 21.7 Å². The molecule has 2 heterocycles. The molecule has 0 spiro atoms. The van der Waals surface area contributed by atoms with Gasteiger partial charge in [0.2, 0.25) is 5.89 Å². The molecule has 0 amide bonds. The van der Waals surface area contributed by atoms with E-state index >= 15 is 0 Å². The fraction of sp³-hybridized carbons (Fsp3) is 0.615. The zero-order valence-electron chi connectivity index (χ0n) is 12.7. The van der Waals surface area contributed by atoms with Gasteiger partial charge in [0, 0.05) is 12.6 Å². The zero-order chi connectivity index (χ0) is 17.2.